The van der Waals surface area contributed by atoms with E-state index in [1.807, 2.05) is 18.2 Å². The molecule has 2 aromatic rings. The summed E-state index contributed by atoms with van der Waals surface area (Å²) >= 11 is 0. The van der Waals surface area contributed by atoms with Crippen LogP contribution in [0.15, 0.2) is 42.5 Å². The molecule has 4 nitrogen and oxygen atoms in total. The molecule has 3 rings (SSSR count). The molecule has 1 aliphatic rings. The van der Waals surface area contributed by atoms with Gasteiger partial charge in [-0.05, 0) is 49.1 Å². The minimum Gasteiger partial charge on any atom is -0.449 e. The van der Waals surface area contributed by atoms with Crippen LogP contribution in [-0.2, 0) is 22.5 Å². The van der Waals surface area contributed by atoms with Crippen LogP contribution in [0.25, 0.3) is 0 Å². The third-order valence-corrected chi connectivity index (χ3v) is 4.48. The van der Waals surface area contributed by atoms with Crippen molar-refractivity contribution < 1.29 is 18.7 Å². The topological polar surface area (TPSA) is 46.6 Å². The summed E-state index contributed by atoms with van der Waals surface area (Å²) in [5.74, 6) is -1.41. The Bertz CT molecular complexity index is 818. The summed E-state index contributed by atoms with van der Waals surface area (Å²) < 4.78 is 18.8. The van der Waals surface area contributed by atoms with Gasteiger partial charge in [0.15, 0.2) is 6.10 Å². The number of fused-ring (bicyclic) bond motifs is 1. The van der Waals surface area contributed by atoms with Crippen LogP contribution in [0.5, 0.6) is 0 Å². The maximum Gasteiger partial charge on any atom is 0.339 e. The summed E-state index contributed by atoms with van der Waals surface area (Å²) in [5.41, 5.74) is 2.91. The smallest absolute Gasteiger partial charge is 0.339 e. The van der Waals surface area contributed by atoms with E-state index in [1.54, 1.807) is 18.7 Å². The van der Waals surface area contributed by atoms with E-state index in [4.69, 9.17) is 4.74 Å². The standard InChI is InChI=1S/C20H20FNO3/c1-13-7-8-16(11-18(13)21)20(24)25-14(2)19(23)22-10-9-15-5-3-4-6-17(15)12-22/h3-8,11,14H,9-10,12H2,1-2H3/t14-/m1/s1. The first kappa shape index (κ1) is 17.1. The van der Waals surface area contributed by atoms with Crippen LogP contribution in [0.4, 0.5) is 4.39 Å². The molecule has 25 heavy (non-hydrogen) atoms. The van der Waals surface area contributed by atoms with Crippen LogP contribution in [-0.4, -0.2) is 29.4 Å². The van der Waals surface area contributed by atoms with Gasteiger partial charge >= 0.3 is 5.97 Å². The summed E-state index contributed by atoms with van der Waals surface area (Å²) in [4.78, 5) is 26.4. The lowest BCUT2D eigenvalue weighted by Gasteiger charge is -2.30. The van der Waals surface area contributed by atoms with Crippen molar-refractivity contribution in [2.24, 2.45) is 0 Å². The van der Waals surface area contributed by atoms with Crippen LogP contribution >= 0.6 is 0 Å². The molecule has 1 heterocycles. The minimum absolute atomic E-state index is 0.103. The molecule has 1 amide bonds. The molecule has 1 atom stereocenters. The second-order valence-electron chi connectivity index (χ2n) is 6.29. The first-order valence-electron chi connectivity index (χ1n) is 8.28. The van der Waals surface area contributed by atoms with E-state index in [1.165, 1.54) is 17.7 Å². The molecule has 0 N–H and O–H groups in total. The van der Waals surface area contributed by atoms with E-state index in [0.717, 1.165) is 18.1 Å². The number of ether oxygens (including phenoxy) is 1. The predicted octanol–water partition coefficient (Wildman–Crippen LogP) is 3.26. The van der Waals surface area contributed by atoms with E-state index in [-0.39, 0.29) is 11.5 Å². The maximum atomic E-state index is 13.6. The van der Waals surface area contributed by atoms with E-state index >= 15 is 0 Å². The summed E-state index contributed by atoms with van der Waals surface area (Å²) in [6.07, 6.45) is -0.131. The Hall–Kier alpha value is -2.69. The first-order chi connectivity index (χ1) is 12.0. The fourth-order valence-electron chi connectivity index (χ4n) is 2.94. The highest BCUT2D eigenvalue weighted by molar-refractivity contribution is 5.92. The lowest BCUT2D eigenvalue weighted by atomic mass is 9.99. The van der Waals surface area contributed by atoms with E-state index in [9.17, 15) is 14.0 Å². The molecule has 0 radical (unpaired) electrons. The summed E-state index contributed by atoms with van der Waals surface area (Å²) in [6.45, 7) is 4.27. The van der Waals surface area contributed by atoms with E-state index in [0.29, 0.717) is 18.7 Å². The quantitative estimate of drug-likeness (QED) is 0.805. The van der Waals surface area contributed by atoms with Gasteiger partial charge in [0.2, 0.25) is 0 Å². The highest BCUT2D eigenvalue weighted by Crippen LogP contribution is 2.20. The number of amides is 1. The number of benzene rings is 2. The van der Waals surface area contributed by atoms with Gasteiger partial charge < -0.3 is 9.64 Å². The van der Waals surface area contributed by atoms with Gasteiger partial charge in [-0.15, -0.1) is 0 Å². The van der Waals surface area contributed by atoms with Gasteiger partial charge in [-0.2, -0.15) is 0 Å². The average molecular weight is 341 g/mol. The van der Waals surface area contributed by atoms with Crippen LogP contribution in [0.3, 0.4) is 0 Å². The average Bonchev–Trinajstić information content (AvgIpc) is 2.62. The Morgan fingerprint density at radius 1 is 1.16 bits per heavy atom. The number of carbonyl (C=O) groups is 2. The van der Waals surface area contributed by atoms with Crippen molar-refractivity contribution in [1.82, 2.24) is 4.90 Å². The highest BCUT2D eigenvalue weighted by Gasteiger charge is 2.27. The maximum absolute atomic E-state index is 13.6. The number of rotatable bonds is 3. The monoisotopic (exact) mass is 341 g/mol. The second kappa shape index (κ2) is 7.05. The second-order valence-corrected chi connectivity index (χ2v) is 6.29. The molecule has 5 heteroatoms. The fraction of sp³-hybridized carbons (Fsp3) is 0.300. The number of hydrogen-bond donors (Lipinski definition) is 0. The lowest BCUT2D eigenvalue weighted by Crippen LogP contribution is -2.42. The predicted molar refractivity (Wildman–Crippen MR) is 91.6 cm³/mol. The molecule has 0 saturated carbocycles. The molecule has 0 aliphatic carbocycles. The van der Waals surface area contributed by atoms with Crippen molar-refractivity contribution in [2.75, 3.05) is 6.54 Å². The minimum atomic E-state index is -0.915. The van der Waals surface area contributed by atoms with Gasteiger partial charge in [-0.25, -0.2) is 9.18 Å². The van der Waals surface area contributed by atoms with Crippen LogP contribution < -0.4 is 0 Å². The molecule has 130 valence electrons. The van der Waals surface area contributed by atoms with Gasteiger partial charge in [0, 0.05) is 13.1 Å². The highest BCUT2D eigenvalue weighted by atomic mass is 19.1. The zero-order chi connectivity index (χ0) is 18.0. The fourth-order valence-corrected chi connectivity index (χ4v) is 2.94. The SMILES string of the molecule is Cc1ccc(C(=O)O[C@H](C)C(=O)N2CCc3ccccc3C2)cc1F. The number of carbonyl (C=O) groups excluding carboxylic acids is 2. The normalized spacial score (nSPS) is 14.6. The lowest BCUT2D eigenvalue weighted by molar-refractivity contribution is -0.140. The third-order valence-electron chi connectivity index (χ3n) is 4.48. The van der Waals surface area contributed by atoms with Crippen LogP contribution in [0.1, 0.15) is 34.0 Å². The Morgan fingerprint density at radius 2 is 1.88 bits per heavy atom. The Balaban J connectivity index is 1.65. The van der Waals surface area contributed by atoms with Gasteiger partial charge in [0.1, 0.15) is 5.82 Å². The molecule has 0 saturated heterocycles. The van der Waals surface area contributed by atoms with Crippen molar-refractivity contribution in [2.45, 2.75) is 32.9 Å². The van der Waals surface area contributed by atoms with Crippen molar-refractivity contribution in [3.8, 4) is 0 Å². The molecule has 0 spiro atoms. The largest absolute Gasteiger partial charge is 0.449 e. The zero-order valence-electron chi connectivity index (χ0n) is 14.3. The number of hydrogen-bond acceptors (Lipinski definition) is 3. The molecule has 0 fully saturated rings. The first-order valence-corrected chi connectivity index (χ1v) is 8.28. The molecule has 1 aliphatic heterocycles. The van der Waals surface area contributed by atoms with Gasteiger partial charge in [-0.1, -0.05) is 30.3 Å². The van der Waals surface area contributed by atoms with Gasteiger partial charge in [0.25, 0.3) is 5.91 Å². The van der Waals surface area contributed by atoms with Crippen molar-refractivity contribution in [3.63, 3.8) is 0 Å². The van der Waals surface area contributed by atoms with Crippen LogP contribution in [0.2, 0.25) is 0 Å². The molecular formula is C20H20FNO3. The van der Waals surface area contributed by atoms with Crippen molar-refractivity contribution in [3.05, 3.63) is 70.5 Å². The number of nitrogens with zero attached hydrogens (tertiary/aromatic N) is 1. The summed E-state index contributed by atoms with van der Waals surface area (Å²) in [5, 5.41) is 0. The molecule has 0 aromatic heterocycles. The molecule has 0 unspecified atom stereocenters. The van der Waals surface area contributed by atoms with Crippen molar-refractivity contribution >= 4 is 11.9 Å². The number of aryl methyl sites for hydroxylation is 1. The Morgan fingerprint density at radius 3 is 2.60 bits per heavy atom. The molecular weight excluding hydrogens is 321 g/mol. The molecule has 2 aromatic carbocycles. The number of esters is 1. The summed E-state index contributed by atoms with van der Waals surface area (Å²) in [6, 6.07) is 12.1. The van der Waals surface area contributed by atoms with Crippen LogP contribution in [0, 0.1) is 12.7 Å². The zero-order valence-corrected chi connectivity index (χ0v) is 14.3. The van der Waals surface area contributed by atoms with E-state index < -0.39 is 17.9 Å². The third kappa shape index (κ3) is 3.71. The summed E-state index contributed by atoms with van der Waals surface area (Å²) in [7, 11) is 0. The number of halogens is 1. The Kier molecular flexibility index (Phi) is 4.83. The molecule has 0 bridgehead atoms. The Labute approximate surface area is 146 Å². The van der Waals surface area contributed by atoms with E-state index in [2.05, 4.69) is 6.07 Å². The van der Waals surface area contributed by atoms with Gasteiger partial charge in [0.05, 0.1) is 5.56 Å². The van der Waals surface area contributed by atoms with Gasteiger partial charge in [-0.3, -0.25) is 4.79 Å². The van der Waals surface area contributed by atoms with Crippen molar-refractivity contribution in [1.29, 1.82) is 0 Å².